The van der Waals surface area contributed by atoms with E-state index >= 15 is 0 Å². The molecule has 0 bridgehead atoms. The lowest BCUT2D eigenvalue weighted by Crippen LogP contribution is -2.01. The van der Waals surface area contributed by atoms with E-state index in [1.165, 1.54) is 11.1 Å². The molecule has 0 radical (unpaired) electrons. The van der Waals surface area contributed by atoms with E-state index in [0.29, 0.717) is 5.92 Å². The van der Waals surface area contributed by atoms with Crippen LogP contribution in [-0.4, -0.2) is 9.97 Å². The summed E-state index contributed by atoms with van der Waals surface area (Å²) in [5.74, 6) is 0.446. The highest BCUT2D eigenvalue weighted by Gasteiger charge is 2.08. The lowest BCUT2D eigenvalue weighted by molar-refractivity contribution is 0.792. The Hall–Kier alpha value is -1.70. The first-order chi connectivity index (χ1) is 7.77. The Kier molecular flexibility index (Phi) is 3.30. The van der Waals surface area contributed by atoms with Crippen LogP contribution in [0.25, 0.3) is 0 Å². The van der Waals surface area contributed by atoms with Gasteiger partial charge in [-0.2, -0.15) is 0 Å². The molecule has 0 aliphatic heterocycles. The fourth-order valence-electron chi connectivity index (χ4n) is 1.84. The summed E-state index contributed by atoms with van der Waals surface area (Å²) in [4.78, 5) is 8.48. The van der Waals surface area contributed by atoms with Crippen molar-refractivity contribution in [2.24, 2.45) is 0 Å². The number of hydrogen-bond donors (Lipinski definition) is 0. The molecule has 0 N–H and O–H groups in total. The van der Waals surface area contributed by atoms with Gasteiger partial charge in [0, 0.05) is 18.3 Å². The molecular weight excluding hydrogens is 196 g/mol. The van der Waals surface area contributed by atoms with Gasteiger partial charge in [0.1, 0.15) is 6.33 Å². The molecule has 2 nitrogen and oxygen atoms in total. The van der Waals surface area contributed by atoms with Crippen molar-refractivity contribution in [1.82, 2.24) is 9.97 Å². The van der Waals surface area contributed by atoms with Crippen molar-refractivity contribution in [2.75, 3.05) is 0 Å². The largest absolute Gasteiger partial charge is 0.245 e. The van der Waals surface area contributed by atoms with Gasteiger partial charge < -0.3 is 0 Å². The van der Waals surface area contributed by atoms with E-state index in [-0.39, 0.29) is 0 Å². The third kappa shape index (κ3) is 2.45. The number of nitrogens with zero attached hydrogens (tertiary/aromatic N) is 2. The Morgan fingerprint density at radius 2 is 1.88 bits per heavy atom. The first-order valence-electron chi connectivity index (χ1n) is 5.60. The highest BCUT2D eigenvalue weighted by molar-refractivity contribution is 5.28. The zero-order chi connectivity index (χ0) is 11.4. The second-order valence-electron chi connectivity index (χ2n) is 4.25. The van der Waals surface area contributed by atoms with Gasteiger partial charge in [-0.05, 0) is 17.0 Å². The van der Waals surface area contributed by atoms with Gasteiger partial charge in [0.25, 0.3) is 0 Å². The number of benzene rings is 1. The SMILES string of the molecule is CC(C)c1ncncc1Cc1ccccc1. The molecule has 0 aliphatic carbocycles. The van der Waals surface area contributed by atoms with Crippen LogP contribution in [0.5, 0.6) is 0 Å². The maximum atomic E-state index is 4.36. The van der Waals surface area contributed by atoms with Gasteiger partial charge in [0.2, 0.25) is 0 Å². The summed E-state index contributed by atoms with van der Waals surface area (Å²) in [5, 5.41) is 0. The van der Waals surface area contributed by atoms with Crippen molar-refractivity contribution in [2.45, 2.75) is 26.2 Å². The quantitative estimate of drug-likeness (QED) is 0.780. The maximum Gasteiger partial charge on any atom is 0.115 e. The van der Waals surface area contributed by atoms with Crippen LogP contribution in [0.3, 0.4) is 0 Å². The predicted molar refractivity (Wildman–Crippen MR) is 65.4 cm³/mol. The Balaban J connectivity index is 2.28. The minimum Gasteiger partial charge on any atom is -0.245 e. The first kappa shape index (κ1) is 10.8. The summed E-state index contributed by atoms with van der Waals surface area (Å²) < 4.78 is 0. The van der Waals surface area contributed by atoms with Gasteiger partial charge in [0.15, 0.2) is 0 Å². The van der Waals surface area contributed by atoms with E-state index in [9.17, 15) is 0 Å². The highest BCUT2D eigenvalue weighted by atomic mass is 14.8. The molecule has 0 amide bonds. The van der Waals surface area contributed by atoms with Crippen LogP contribution < -0.4 is 0 Å². The minimum atomic E-state index is 0.446. The molecule has 0 spiro atoms. The summed E-state index contributed by atoms with van der Waals surface area (Å²) in [5.41, 5.74) is 3.68. The maximum absolute atomic E-state index is 4.36. The van der Waals surface area contributed by atoms with E-state index in [0.717, 1.165) is 12.1 Å². The fraction of sp³-hybridized carbons (Fsp3) is 0.286. The molecule has 82 valence electrons. The molecule has 0 fully saturated rings. The van der Waals surface area contributed by atoms with Crippen LogP contribution in [0.4, 0.5) is 0 Å². The van der Waals surface area contributed by atoms with Crippen LogP contribution in [0, 0.1) is 0 Å². The van der Waals surface area contributed by atoms with Gasteiger partial charge in [0.05, 0.1) is 0 Å². The summed E-state index contributed by atoms with van der Waals surface area (Å²) >= 11 is 0. The van der Waals surface area contributed by atoms with E-state index in [4.69, 9.17) is 0 Å². The molecule has 2 rings (SSSR count). The normalized spacial score (nSPS) is 10.7. The zero-order valence-electron chi connectivity index (χ0n) is 9.72. The van der Waals surface area contributed by atoms with Crippen molar-refractivity contribution < 1.29 is 0 Å². The molecule has 0 atom stereocenters. The van der Waals surface area contributed by atoms with Gasteiger partial charge in [-0.3, -0.25) is 0 Å². The summed E-state index contributed by atoms with van der Waals surface area (Å²) in [6.07, 6.45) is 4.47. The second-order valence-corrected chi connectivity index (χ2v) is 4.25. The Labute approximate surface area is 96.4 Å². The minimum absolute atomic E-state index is 0.446. The molecule has 0 saturated heterocycles. The third-order valence-electron chi connectivity index (χ3n) is 2.61. The molecular formula is C14H16N2. The summed E-state index contributed by atoms with van der Waals surface area (Å²) in [6, 6.07) is 10.4. The molecule has 1 aromatic carbocycles. The topological polar surface area (TPSA) is 25.8 Å². The molecule has 0 aliphatic rings. The Bertz CT molecular complexity index is 449. The lowest BCUT2D eigenvalue weighted by Gasteiger charge is -2.10. The predicted octanol–water partition coefficient (Wildman–Crippen LogP) is 3.19. The number of aromatic nitrogens is 2. The second kappa shape index (κ2) is 4.88. The average molecular weight is 212 g/mol. The van der Waals surface area contributed by atoms with E-state index < -0.39 is 0 Å². The average Bonchev–Trinajstić information content (AvgIpc) is 2.31. The van der Waals surface area contributed by atoms with Crippen molar-refractivity contribution in [1.29, 1.82) is 0 Å². The van der Waals surface area contributed by atoms with Crippen molar-refractivity contribution >= 4 is 0 Å². The molecule has 1 heterocycles. The first-order valence-corrected chi connectivity index (χ1v) is 5.60. The van der Waals surface area contributed by atoms with Crippen LogP contribution >= 0.6 is 0 Å². The third-order valence-corrected chi connectivity index (χ3v) is 2.61. The monoisotopic (exact) mass is 212 g/mol. The van der Waals surface area contributed by atoms with Crippen molar-refractivity contribution in [3.8, 4) is 0 Å². The van der Waals surface area contributed by atoms with Gasteiger partial charge in [-0.1, -0.05) is 44.2 Å². The molecule has 1 aromatic heterocycles. The summed E-state index contributed by atoms with van der Waals surface area (Å²) in [6.45, 7) is 4.33. The van der Waals surface area contributed by atoms with Gasteiger partial charge in [-0.25, -0.2) is 9.97 Å². The molecule has 2 heteroatoms. The van der Waals surface area contributed by atoms with Gasteiger partial charge >= 0.3 is 0 Å². The Morgan fingerprint density at radius 3 is 2.56 bits per heavy atom. The van der Waals surface area contributed by atoms with E-state index in [1.54, 1.807) is 6.33 Å². The zero-order valence-corrected chi connectivity index (χ0v) is 9.72. The molecule has 0 saturated carbocycles. The van der Waals surface area contributed by atoms with Crippen molar-refractivity contribution in [3.05, 3.63) is 59.7 Å². The van der Waals surface area contributed by atoms with Crippen LogP contribution in [0.1, 0.15) is 36.6 Å². The number of rotatable bonds is 3. The van der Waals surface area contributed by atoms with E-state index in [2.05, 4.69) is 48.1 Å². The fourth-order valence-corrected chi connectivity index (χ4v) is 1.84. The van der Waals surface area contributed by atoms with Crippen LogP contribution in [0.2, 0.25) is 0 Å². The van der Waals surface area contributed by atoms with Crippen LogP contribution in [0.15, 0.2) is 42.9 Å². The number of hydrogen-bond acceptors (Lipinski definition) is 2. The summed E-state index contributed by atoms with van der Waals surface area (Å²) in [7, 11) is 0. The van der Waals surface area contributed by atoms with Gasteiger partial charge in [-0.15, -0.1) is 0 Å². The lowest BCUT2D eigenvalue weighted by atomic mass is 9.99. The molecule has 16 heavy (non-hydrogen) atoms. The smallest absolute Gasteiger partial charge is 0.115 e. The van der Waals surface area contributed by atoms with E-state index in [1.807, 2.05) is 12.3 Å². The molecule has 0 unspecified atom stereocenters. The highest BCUT2D eigenvalue weighted by Crippen LogP contribution is 2.18. The Morgan fingerprint density at radius 1 is 1.12 bits per heavy atom. The van der Waals surface area contributed by atoms with Crippen molar-refractivity contribution in [3.63, 3.8) is 0 Å². The standard InChI is InChI=1S/C14H16N2/c1-11(2)14-13(9-15-10-16-14)8-12-6-4-3-5-7-12/h3-7,9-11H,8H2,1-2H3. The van der Waals surface area contributed by atoms with Crippen LogP contribution in [-0.2, 0) is 6.42 Å². The molecule has 2 aromatic rings.